The van der Waals surface area contributed by atoms with Crippen molar-refractivity contribution in [3.8, 4) is 6.07 Å². The van der Waals surface area contributed by atoms with Crippen LogP contribution in [-0.2, 0) is 18.9 Å². The Morgan fingerprint density at radius 3 is 2.56 bits per heavy atom. The molecule has 1 aliphatic heterocycles. The number of halogens is 6. The summed E-state index contributed by atoms with van der Waals surface area (Å²) in [5, 5.41) is 15.9. The number of benzene rings is 2. The van der Waals surface area contributed by atoms with Crippen LogP contribution in [0.4, 0.5) is 26.3 Å². The van der Waals surface area contributed by atoms with Crippen LogP contribution in [0.2, 0.25) is 0 Å². The number of alkyl halides is 6. The standard InChI is InChI=1S/C27H23F6N5S/c1-3-39-24(25(35-2)37-9-8-18(13-34)14-37)11-17-4-7-23-20(10-17)16-38(36-23)15-19-5-6-21(26(28,29)30)12-22(19)27(31,32)33/h3-7,10-12,16,18H,1,8-9,14-15H2,2H3/b24-11-,35-25?. The Morgan fingerprint density at radius 1 is 1.18 bits per heavy atom. The van der Waals surface area contributed by atoms with E-state index in [1.165, 1.54) is 16.4 Å². The number of aliphatic imine (C=N–C) groups is 1. The fourth-order valence-electron chi connectivity index (χ4n) is 4.45. The van der Waals surface area contributed by atoms with Gasteiger partial charge in [-0.25, -0.2) is 0 Å². The Bertz CT molecular complexity index is 1480. The quantitative estimate of drug-likeness (QED) is 0.181. The van der Waals surface area contributed by atoms with Crippen LogP contribution in [0.15, 0.2) is 64.5 Å². The smallest absolute Gasteiger partial charge is 0.355 e. The van der Waals surface area contributed by atoms with Crippen LogP contribution in [0.5, 0.6) is 0 Å². The van der Waals surface area contributed by atoms with Crippen LogP contribution in [0.25, 0.3) is 17.0 Å². The largest absolute Gasteiger partial charge is 0.416 e. The van der Waals surface area contributed by atoms with Crippen LogP contribution < -0.4 is 0 Å². The number of thioether (sulfide) groups is 1. The van der Waals surface area contributed by atoms with E-state index in [4.69, 9.17) is 0 Å². The SMILES string of the molecule is C=CS/C(=C\c1ccc2nn(Cc3ccc(C(F)(F)F)cc3C(F)(F)F)cc2c1)C(=NC)N1CCC(C#N)C1. The summed E-state index contributed by atoms with van der Waals surface area (Å²) in [7, 11) is 1.68. The zero-order valence-corrected chi connectivity index (χ0v) is 21.5. The lowest BCUT2D eigenvalue weighted by atomic mass is 10.0. The molecule has 1 unspecified atom stereocenters. The van der Waals surface area contributed by atoms with Gasteiger partial charge in [0.05, 0.1) is 40.1 Å². The predicted molar refractivity (Wildman–Crippen MR) is 140 cm³/mol. The summed E-state index contributed by atoms with van der Waals surface area (Å²) in [6.45, 7) is 4.72. The van der Waals surface area contributed by atoms with Gasteiger partial charge < -0.3 is 4.90 Å². The topological polar surface area (TPSA) is 57.2 Å². The zero-order chi connectivity index (χ0) is 28.4. The second kappa shape index (κ2) is 11.2. The van der Waals surface area contributed by atoms with Crippen molar-refractivity contribution in [3.63, 3.8) is 0 Å². The van der Waals surface area contributed by atoms with Crippen LogP contribution in [0.1, 0.15) is 28.7 Å². The van der Waals surface area contributed by atoms with Crippen molar-refractivity contribution in [3.05, 3.63) is 81.7 Å². The zero-order valence-electron chi connectivity index (χ0n) is 20.7. The first kappa shape index (κ1) is 28.3. The Hall–Kier alpha value is -3.72. The number of amidine groups is 1. The van der Waals surface area contributed by atoms with Crippen LogP contribution >= 0.6 is 11.8 Å². The molecule has 0 bridgehead atoms. The molecule has 0 spiro atoms. The van der Waals surface area contributed by atoms with Gasteiger partial charge in [0.15, 0.2) is 0 Å². The summed E-state index contributed by atoms with van der Waals surface area (Å²) >= 11 is 1.38. The molecule has 0 aliphatic carbocycles. The molecule has 1 saturated heterocycles. The normalized spacial score (nSPS) is 17.1. The number of aromatic nitrogens is 2. The molecular weight excluding hydrogens is 540 g/mol. The molecule has 4 rings (SSSR count). The Balaban J connectivity index is 1.64. The molecule has 1 aromatic heterocycles. The van der Waals surface area contributed by atoms with E-state index in [0.29, 0.717) is 30.1 Å². The van der Waals surface area contributed by atoms with Gasteiger partial charge in [0, 0.05) is 31.7 Å². The molecule has 204 valence electrons. The summed E-state index contributed by atoms with van der Waals surface area (Å²) < 4.78 is 81.0. The fraction of sp³-hybridized carbons (Fsp3) is 0.296. The second-order valence-corrected chi connectivity index (χ2v) is 9.92. The molecule has 39 heavy (non-hydrogen) atoms. The average molecular weight is 564 g/mol. The van der Waals surface area contributed by atoms with E-state index in [-0.39, 0.29) is 24.1 Å². The van der Waals surface area contributed by atoms with Gasteiger partial charge in [-0.1, -0.05) is 30.5 Å². The van der Waals surface area contributed by atoms with Crippen molar-refractivity contribution < 1.29 is 26.3 Å². The summed E-state index contributed by atoms with van der Waals surface area (Å²) in [6.07, 6.45) is -5.64. The van der Waals surface area contributed by atoms with Crippen molar-refractivity contribution in [1.29, 1.82) is 5.26 Å². The van der Waals surface area contributed by atoms with Gasteiger partial charge in [-0.05, 0) is 53.3 Å². The highest BCUT2D eigenvalue weighted by Gasteiger charge is 2.38. The molecular formula is C27H23F6N5S. The van der Waals surface area contributed by atoms with Crippen LogP contribution in [0.3, 0.4) is 0 Å². The summed E-state index contributed by atoms with van der Waals surface area (Å²) in [4.78, 5) is 7.30. The molecule has 1 fully saturated rings. The lowest BCUT2D eigenvalue weighted by Crippen LogP contribution is -2.29. The summed E-state index contributed by atoms with van der Waals surface area (Å²) in [5.41, 5.74) is -1.72. The van der Waals surface area contributed by atoms with E-state index in [0.717, 1.165) is 28.8 Å². The van der Waals surface area contributed by atoms with Gasteiger partial charge in [-0.15, -0.1) is 0 Å². The fourth-order valence-corrected chi connectivity index (χ4v) is 5.16. The molecule has 2 heterocycles. The summed E-state index contributed by atoms with van der Waals surface area (Å²) in [6, 6.07) is 9.24. The summed E-state index contributed by atoms with van der Waals surface area (Å²) in [5.74, 6) is 0.664. The third-order valence-electron chi connectivity index (χ3n) is 6.26. The number of likely N-dealkylation sites (tertiary alicyclic amines) is 1. The van der Waals surface area contributed by atoms with Gasteiger partial charge in [0.25, 0.3) is 0 Å². The number of hydrogen-bond acceptors (Lipinski definition) is 4. The minimum absolute atomic E-state index is 0.0681. The van der Waals surface area contributed by atoms with Gasteiger partial charge in [-0.3, -0.25) is 9.67 Å². The van der Waals surface area contributed by atoms with Crippen LogP contribution in [0, 0.1) is 17.2 Å². The average Bonchev–Trinajstić information content (AvgIpc) is 3.50. The Morgan fingerprint density at radius 2 is 1.95 bits per heavy atom. The molecule has 0 saturated carbocycles. The van der Waals surface area contributed by atoms with E-state index in [2.05, 4.69) is 27.6 Å². The number of nitrogens with zero attached hydrogens (tertiary/aromatic N) is 5. The number of rotatable bonds is 6. The number of nitriles is 1. The van der Waals surface area contributed by atoms with Crippen molar-refractivity contribution in [2.75, 3.05) is 20.1 Å². The minimum atomic E-state index is -4.96. The highest BCUT2D eigenvalue weighted by Crippen LogP contribution is 2.37. The third-order valence-corrected chi connectivity index (χ3v) is 6.98. The minimum Gasteiger partial charge on any atom is -0.355 e. The maximum absolute atomic E-state index is 13.6. The van der Waals surface area contributed by atoms with Gasteiger partial charge in [0.2, 0.25) is 0 Å². The predicted octanol–water partition coefficient (Wildman–Crippen LogP) is 7.21. The molecule has 5 nitrogen and oxygen atoms in total. The van der Waals surface area contributed by atoms with Crippen LogP contribution in [-0.4, -0.2) is 40.7 Å². The maximum atomic E-state index is 13.6. The Labute approximate surface area is 225 Å². The molecule has 3 aromatic rings. The monoisotopic (exact) mass is 563 g/mol. The van der Waals surface area contributed by atoms with Gasteiger partial charge >= 0.3 is 12.4 Å². The maximum Gasteiger partial charge on any atom is 0.416 e. The van der Waals surface area contributed by atoms with Gasteiger partial charge in [-0.2, -0.15) is 36.7 Å². The van der Waals surface area contributed by atoms with Crippen molar-refractivity contribution in [1.82, 2.24) is 14.7 Å². The molecule has 1 atom stereocenters. The molecule has 0 radical (unpaired) electrons. The van der Waals surface area contributed by atoms with Gasteiger partial charge in [0.1, 0.15) is 5.84 Å². The number of hydrogen-bond donors (Lipinski definition) is 0. The first-order chi connectivity index (χ1) is 18.4. The molecule has 12 heteroatoms. The third kappa shape index (κ3) is 6.47. The van der Waals surface area contributed by atoms with E-state index < -0.39 is 23.5 Å². The number of fused-ring (bicyclic) bond motifs is 1. The van der Waals surface area contributed by atoms with E-state index >= 15 is 0 Å². The van der Waals surface area contributed by atoms with E-state index in [1.807, 2.05) is 12.1 Å². The first-order valence-electron chi connectivity index (χ1n) is 11.8. The highest BCUT2D eigenvalue weighted by molar-refractivity contribution is 8.06. The lowest BCUT2D eigenvalue weighted by Gasteiger charge is -2.21. The lowest BCUT2D eigenvalue weighted by molar-refractivity contribution is -0.143. The van der Waals surface area contributed by atoms with Crippen molar-refractivity contribution in [2.45, 2.75) is 25.3 Å². The molecule has 0 amide bonds. The second-order valence-electron chi connectivity index (χ2n) is 8.91. The highest BCUT2D eigenvalue weighted by atomic mass is 32.2. The first-order valence-corrected chi connectivity index (χ1v) is 12.7. The van der Waals surface area contributed by atoms with E-state index in [9.17, 15) is 31.6 Å². The van der Waals surface area contributed by atoms with Crippen molar-refractivity contribution in [2.24, 2.45) is 10.9 Å². The Kier molecular flexibility index (Phi) is 8.11. The molecule has 2 aromatic carbocycles. The molecule has 1 aliphatic rings. The molecule has 0 N–H and O–H groups in total. The van der Waals surface area contributed by atoms with Crippen molar-refractivity contribution >= 4 is 34.6 Å². The van der Waals surface area contributed by atoms with E-state index in [1.54, 1.807) is 30.8 Å².